The second kappa shape index (κ2) is 4.55. The highest BCUT2D eigenvalue weighted by atomic mass is 16.4. The number of carboxylic acids is 1. The minimum absolute atomic E-state index is 0.00744. The maximum atomic E-state index is 11.7. The van der Waals surface area contributed by atoms with E-state index in [1.807, 2.05) is 6.07 Å². The topological polar surface area (TPSA) is 93.9 Å². The number of hydrogen-bond donors (Lipinski definition) is 2. The molecule has 1 heterocycles. The number of nitriles is 1. The second-order valence-corrected chi connectivity index (χ2v) is 3.63. The molecule has 0 saturated heterocycles. The zero-order chi connectivity index (χ0) is 13.1. The van der Waals surface area contributed by atoms with Gasteiger partial charge in [-0.2, -0.15) is 5.26 Å². The number of H-pyrrole nitrogens is 1. The van der Waals surface area contributed by atoms with Gasteiger partial charge in [-0.15, -0.1) is 0 Å². The molecule has 1 aromatic carbocycles. The predicted octanol–water partition coefficient (Wildman–Crippen LogP) is 1.61. The molecule has 5 heteroatoms. The summed E-state index contributed by atoms with van der Waals surface area (Å²) in [5.41, 5.74) is 0.750. The molecule has 0 atom stereocenters. The fourth-order valence-electron chi connectivity index (χ4n) is 1.58. The van der Waals surface area contributed by atoms with E-state index in [0.717, 1.165) is 6.20 Å². The van der Waals surface area contributed by atoms with E-state index in [1.165, 1.54) is 12.1 Å². The monoisotopic (exact) mass is 240 g/mol. The van der Waals surface area contributed by atoms with Crippen molar-refractivity contribution in [1.82, 2.24) is 4.98 Å². The predicted molar refractivity (Wildman–Crippen MR) is 64.2 cm³/mol. The van der Waals surface area contributed by atoms with Crippen LogP contribution in [0.1, 0.15) is 15.9 Å². The minimum atomic E-state index is -1.12. The van der Waals surface area contributed by atoms with Crippen molar-refractivity contribution in [2.75, 3.05) is 0 Å². The molecule has 0 unspecified atom stereocenters. The average Bonchev–Trinajstić information content (AvgIpc) is 2.39. The molecule has 2 aromatic rings. The Bertz CT molecular complexity index is 711. The van der Waals surface area contributed by atoms with E-state index >= 15 is 0 Å². The Labute approximate surface area is 102 Å². The van der Waals surface area contributed by atoms with Gasteiger partial charge >= 0.3 is 5.97 Å². The SMILES string of the molecule is N#Cc1cccc(-c2cc(C(=O)O)c[nH]c2=O)c1. The summed E-state index contributed by atoms with van der Waals surface area (Å²) in [6.07, 6.45) is 1.14. The fourth-order valence-corrected chi connectivity index (χ4v) is 1.58. The first kappa shape index (κ1) is 11.6. The normalized spacial score (nSPS) is 9.72. The number of benzene rings is 1. The lowest BCUT2D eigenvalue weighted by Gasteiger charge is -2.02. The molecular formula is C13H8N2O3. The number of nitrogens with one attached hydrogen (secondary N) is 1. The molecule has 18 heavy (non-hydrogen) atoms. The van der Waals surface area contributed by atoms with E-state index < -0.39 is 11.5 Å². The molecule has 2 rings (SSSR count). The van der Waals surface area contributed by atoms with Gasteiger partial charge in [0.1, 0.15) is 0 Å². The molecule has 0 amide bonds. The van der Waals surface area contributed by atoms with Crippen LogP contribution in [-0.4, -0.2) is 16.1 Å². The number of aromatic amines is 1. The molecule has 0 aliphatic carbocycles. The number of carbonyl (C=O) groups is 1. The highest BCUT2D eigenvalue weighted by molar-refractivity contribution is 5.88. The maximum Gasteiger partial charge on any atom is 0.337 e. The van der Waals surface area contributed by atoms with Crippen molar-refractivity contribution < 1.29 is 9.90 Å². The summed E-state index contributed by atoms with van der Waals surface area (Å²) < 4.78 is 0. The summed E-state index contributed by atoms with van der Waals surface area (Å²) in [6, 6.07) is 9.69. The standard InChI is InChI=1S/C13H8N2O3/c14-6-8-2-1-3-9(4-8)11-5-10(13(17)18)7-15-12(11)16/h1-5,7H,(H,15,16)(H,17,18). The number of aromatic nitrogens is 1. The molecule has 2 N–H and O–H groups in total. The van der Waals surface area contributed by atoms with Crippen molar-refractivity contribution in [2.24, 2.45) is 0 Å². The average molecular weight is 240 g/mol. The lowest BCUT2D eigenvalue weighted by atomic mass is 10.0. The lowest BCUT2D eigenvalue weighted by molar-refractivity contribution is 0.0696. The van der Waals surface area contributed by atoms with E-state index in [-0.39, 0.29) is 11.1 Å². The van der Waals surface area contributed by atoms with E-state index in [2.05, 4.69) is 4.98 Å². The molecule has 0 spiro atoms. The van der Waals surface area contributed by atoms with Crippen molar-refractivity contribution >= 4 is 5.97 Å². The Balaban J connectivity index is 2.63. The summed E-state index contributed by atoms with van der Waals surface area (Å²) >= 11 is 0. The van der Waals surface area contributed by atoms with E-state index in [0.29, 0.717) is 11.1 Å². The molecule has 1 aromatic heterocycles. The molecule has 0 aliphatic heterocycles. The molecule has 0 fully saturated rings. The summed E-state index contributed by atoms with van der Waals surface area (Å²) in [5.74, 6) is -1.12. The number of hydrogen-bond acceptors (Lipinski definition) is 3. The van der Waals surface area contributed by atoms with Crippen LogP contribution in [-0.2, 0) is 0 Å². The maximum absolute atomic E-state index is 11.7. The third kappa shape index (κ3) is 2.13. The summed E-state index contributed by atoms with van der Waals surface area (Å²) in [5, 5.41) is 17.7. The first-order valence-corrected chi connectivity index (χ1v) is 5.08. The number of carboxylic acid groups (broad SMARTS) is 1. The van der Waals surface area contributed by atoms with E-state index in [4.69, 9.17) is 10.4 Å². The highest BCUT2D eigenvalue weighted by Gasteiger charge is 2.09. The van der Waals surface area contributed by atoms with Crippen LogP contribution in [0.2, 0.25) is 0 Å². The van der Waals surface area contributed by atoms with Crippen LogP contribution in [0, 0.1) is 11.3 Å². The fraction of sp³-hybridized carbons (Fsp3) is 0. The van der Waals surface area contributed by atoms with Gasteiger partial charge in [0.2, 0.25) is 0 Å². The Morgan fingerprint density at radius 1 is 1.33 bits per heavy atom. The van der Waals surface area contributed by atoms with Crippen molar-refractivity contribution in [3.05, 3.63) is 58.0 Å². The van der Waals surface area contributed by atoms with Crippen LogP contribution in [0.4, 0.5) is 0 Å². The number of pyridine rings is 1. The Morgan fingerprint density at radius 3 is 2.78 bits per heavy atom. The van der Waals surface area contributed by atoms with Gasteiger partial charge in [-0.3, -0.25) is 4.79 Å². The smallest absolute Gasteiger partial charge is 0.337 e. The van der Waals surface area contributed by atoms with Crippen LogP contribution >= 0.6 is 0 Å². The molecule has 0 bridgehead atoms. The quantitative estimate of drug-likeness (QED) is 0.833. The van der Waals surface area contributed by atoms with Crippen LogP contribution in [0.5, 0.6) is 0 Å². The van der Waals surface area contributed by atoms with Gasteiger partial charge in [0.15, 0.2) is 0 Å². The first-order valence-electron chi connectivity index (χ1n) is 5.08. The van der Waals surface area contributed by atoms with Crippen LogP contribution in [0.3, 0.4) is 0 Å². The van der Waals surface area contributed by atoms with Crippen LogP contribution in [0.25, 0.3) is 11.1 Å². The summed E-state index contributed by atoms with van der Waals surface area (Å²) in [4.78, 5) is 24.9. The Morgan fingerprint density at radius 2 is 2.11 bits per heavy atom. The van der Waals surface area contributed by atoms with Gasteiger partial charge in [0.25, 0.3) is 5.56 Å². The van der Waals surface area contributed by atoms with Gasteiger partial charge in [0.05, 0.1) is 17.2 Å². The van der Waals surface area contributed by atoms with Crippen LogP contribution in [0.15, 0.2) is 41.3 Å². The van der Waals surface area contributed by atoms with Crippen LogP contribution < -0.4 is 5.56 Å². The van der Waals surface area contributed by atoms with E-state index in [9.17, 15) is 9.59 Å². The Hall–Kier alpha value is -2.87. The lowest BCUT2D eigenvalue weighted by Crippen LogP contribution is -2.11. The zero-order valence-electron chi connectivity index (χ0n) is 9.18. The molecule has 88 valence electrons. The molecule has 0 aliphatic rings. The Kier molecular flexibility index (Phi) is 2.94. The zero-order valence-corrected chi connectivity index (χ0v) is 9.18. The van der Waals surface area contributed by atoms with Gasteiger partial charge in [-0.1, -0.05) is 12.1 Å². The van der Waals surface area contributed by atoms with Crippen molar-refractivity contribution in [3.63, 3.8) is 0 Å². The molecule has 0 radical (unpaired) electrons. The first-order chi connectivity index (χ1) is 8.61. The molecule has 0 saturated carbocycles. The molecule has 5 nitrogen and oxygen atoms in total. The molecular weight excluding hydrogens is 232 g/mol. The summed E-state index contributed by atoms with van der Waals surface area (Å²) in [7, 11) is 0. The number of nitrogens with zero attached hydrogens (tertiary/aromatic N) is 1. The number of rotatable bonds is 2. The third-order valence-electron chi connectivity index (χ3n) is 2.45. The van der Waals surface area contributed by atoms with Crippen molar-refractivity contribution in [1.29, 1.82) is 5.26 Å². The van der Waals surface area contributed by atoms with Gasteiger partial charge in [0, 0.05) is 11.8 Å². The van der Waals surface area contributed by atoms with Crippen molar-refractivity contribution in [3.8, 4) is 17.2 Å². The third-order valence-corrected chi connectivity index (χ3v) is 2.45. The van der Waals surface area contributed by atoms with Crippen molar-refractivity contribution in [2.45, 2.75) is 0 Å². The minimum Gasteiger partial charge on any atom is -0.478 e. The number of aromatic carboxylic acids is 1. The van der Waals surface area contributed by atoms with Gasteiger partial charge in [-0.25, -0.2) is 4.79 Å². The summed E-state index contributed by atoms with van der Waals surface area (Å²) in [6.45, 7) is 0. The van der Waals surface area contributed by atoms with Gasteiger partial charge < -0.3 is 10.1 Å². The van der Waals surface area contributed by atoms with E-state index in [1.54, 1.807) is 18.2 Å². The highest BCUT2D eigenvalue weighted by Crippen LogP contribution is 2.17. The second-order valence-electron chi connectivity index (χ2n) is 3.63. The largest absolute Gasteiger partial charge is 0.478 e. The van der Waals surface area contributed by atoms with Gasteiger partial charge in [-0.05, 0) is 23.8 Å².